The molecule has 7 heteroatoms. The van der Waals surface area contributed by atoms with Crippen molar-refractivity contribution >= 4 is 35.2 Å². The number of anilines is 1. The summed E-state index contributed by atoms with van der Waals surface area (Å²) in [6.45, 7) is 4.12. The molecule has 0 saturated heterocycles. The van der Waals surface area contributed by atoms with Crippen LogP contribution in [0.1, 0.15) is 19.4 Å². The summed E-state index contributed by atoms with van der Waals surface area (Å²) in [5.74, 6) is 1.02. The van der Waals surface area contributed by atoms with E-state index in [1.54, 1.807) is 11.8 Å². The van der Waals surface area contributed by atoms with Crippen LogP contribution in [-0.4, -0.2) is 20.7 Å². The van der Waals surface area contributed by atoms with E-state index in [1.165, 1.54) is 6.92 Å². The normalized spacial score (nSPS) is 10.6. The first-order valence-electron chi connectivity index (χ1n) is 6.18. The zero-order valence-corrected chi connectivity index (χ0v) is 12.8. The van der Waals surface area contributed by atoms with Crippen LogP contribution in [0.25, 0.3) is 0 Å². The molecule has 1 heterocycles. The molecule has 0 fully saturated rings. The lowest BCUT2D eigenvalue weighted by Gasteiger charge is -2.07. The van der Waals surface area contributed by atoms with Gasteiger partial charge in [0.2, 0.25) is 11.9 Å². The first-order chi connectivity index (χ1) is 9.61. The molecule has 0 atom stereocenters. The van der Waals surface area contributed by atoms with E-state index in [-0.39, 0.29) is 5.91 Å². The predicted octanol–water partition coefficient (Wildman–Crippen LogP) is 3.20. The van der Waals surface area contributed by atoms with Crippen molar-refractivity contribution in [3.63, 3.8) is 0 Å². The number of nitrogens with zero attached hydrogens (tertiary/aromatic N) is 3. The van der Waals surface area contributed by atoms with Gasteiger partial charge in [-0.15, -0.1) is 10.2 Å². The Hall–Kier alpha value is -1.53. The number of carbonyl (C=O) groups excluding carboxylic acids is 1. The Labute approximate surface area is 126 Å². The van der Waals surface area contributed by atoms with Gasteiger partial charge in [0.25, 0.3) is 0 Å². The van der Waals surface area contributed by atoms with Crippen molar-refractivity contribution in [3.05, 3.63) is 34.9 Å². The summed E-state index contributed by atoms with van der Waals surface area (Å²) >= 11 is 7.67. The molecule has 0 radical (unpaired) electrons. The van der Waals surface area contributed by atoms with Crippen LogP contribution in [0.4, 0.5) is 5.95 Å². The molecular formula is C13H15ClN4OS. The molecule has 0 unspecified atom stereocenters. The van der Waals surface area contributed by atoms with Gasteiger partial charge in [-0.1, -0.05) is 41.6 Å². The van der Waals surface area contributed by atoms with E-state index in [1.807, 2.05) is 35.8 Å². The lowest BCUT2D eigenvalue weighted by Crippen LogP contribution is -2.12. The third-order valence-electron chi connectivity index (χ3n) is 2.64. The Morgan fingerprint density at radius 1 is 1.40 bits per heavy atom. The second-order valence-corrected chi connectivity index (χ2v) is 5.46. The number of hydrogen-bond acceptors (Lipinski definition) is 4. The minimum Gasteiger partial charge on any atom is -0.295 e. The Bertz CT molecular complexity index is 614. The number of aromatic nitrogens is 3. The van der Waals surface area contributed by atoms with Crippen LogP contribution < -0.4 is 5.32 Å². The smallest absolute Gasteiger partial charge is 0.231 e. The summed E-state index contributed by atoms with van der Waals surface area (Å²) in [7, 11) is 0. The average molecular weight is 311 g/mol. The van der Waals surface area contributed by atoms with E-state index in [0.717, 1.165) is 15.7 Å². The molecule has 5 nitrogen and oxygen atoms in total. The monoisotopic (exact) mass is 310 g/mol. The Kier molecular flexibility index (Phi) is 5.03. The number of amides is 1. The molecule has 1 aromatic heterocycles. The number of benzene rings is 1. The minimum atomic E-state index is -0.158. The predicted molar refractivity (Wildman–Crippen MR) is 81.0 cm³/mol. The van der Waals surface area contributed by atoms with E-state index < -0.39 is 0 Å². The van der Waals surface area contributed by atoms with Crippen LogP contribution in [0, 0.1) is 0 Å². The first-order valence-corrected chi connectivity index (χ1v) is 7.55. The van der Waals surface area contributed by atoms with E-state index in [4.69, 9.17) is 11.6 Å². The lowest BCUT2D eigenvalue weighted by molar-refractivity contribution is -0.114. The number of halogens is 1. The highest BCUT2D eigenvalue weighted by molar-refractivity contribution is 7.98. The van der Waals surface area contributed by atoms with Gasteiger partial charge in [0, 0.05) is 24.2 Å². The van der Waals surface area contributed by atoms with Crippen LogP contribution in [0.15, 0.2) is 29.4 Å². The fourth-order valence-corrected chi connectivity index (χ4v) is 2.98. The maximum absolute atomic E-state index is 11.1. The molecule has 0 spiro atoms. The summed E-state index contributed by atoms with van der Waals surface area (Å²) in [6.07, 6.45) is 0. The highest BCUT2D eigenvalue weighted by Crippen LogP contribution is 2.26. The highest BCUT2D eigenvalue weighted by atomic mass is 35.5. The van der Waals surface area contributed by atoms with Crippen molar-refractivity contribution in [3.8, 4) is 0 Å². The molecule has 0 aliphatic heterocycles. The zero-order chi connectivity index (χ0) is 14.5. The molecule has 0 aliphatic rings. The molecule has 2 aromatic rings. The topological polar surface area (TPSA) is 59.8 Å². The van der Waals surface area contributed by atoms with Gasteiger partial charge in [-0.3, -0.25) is 14.7 Å². The van der Waals surface area contributed by atoms with E-state index >= 15 is 0 Å². The summed E-state index contributed by atoms with van der Waals surface area (Å²) in [5, 5.41) is 12.3. The van der Waals surface area contributed by atoms with Gasteiger partial charge in [0.05, 0.1) is 0 Å². The number of hydrogen-bond donors (Lipinski definition) is 1. The summed E-state index contributed by atoms with van der Waals surface area (Å²) in [5.41, 5.74) is 1.05. The fraction of sp³-hybridized carbons (Fsp3) is 0.308. The van der Waals surface area contributed by atoms with Crippen LogP contribution in [0.2, 0.25) is 5.02 Å². The maximum Gasteiger partial charge on any atom is 0.231 e. The molecule has 1 amide bonds. The van der Waals surface area contributed by atoms with Gasteiger partial charge in [-0.2, -0.15) is 0 Å². The lowest BCUT2D eigenvalue weighted by atomic mass is 10.2. The molecule has 1 aromatic carbocycles. The Morgan fingerprint density at radius 2 is 2.15 bits per heavy atom. The number of rotatable bonds is 5. The molecule has 20 heavy (non-hydrogen) atoms. The van der Waals surface area contributed by atoms with Gasteiger partial charge in [-0.25, -0.2) is 0 Å². The SMILES string of the molecule is CCn1c(NC(C)=O)nnc1SCc1ccccc1Cl. The molecule has 106 valence electrons. The van der Waals surface area contributed by atoms with Crippen molar-refractivity contribution in [2.24, 2.45) is 0 Å². The van der Waals surface area contributed by atoms with Gasteiger partial charge in [-0.05, 0) is 18.6 Å². The van der Waals surface area contributed by atoms with Crippen LogP contribution in [0.5, 0.6) is 0 Å². The molecular weight excluding hydrogens is 296 g/mol. The summed E-state index contributed by atoms with van der Waals surface area (Å²) < 4.78 is 1.86. The third kappa shape index (κ3) is 3.52. The standard InChI is InChI=1S/C13H15ClN4OS/c1-3-18-12(15-9(2)19)16-17-13(18)20-8-10-6-4-5-7-11(10)14/h4-7H,3,8H2,1-2H3,(H,15,16,19). The summed E-state index contributed by atoms with van der Waals surface area (Å²) in [4.78, 5) is 11.1. The maximum atomic E-state index is 11.1. The molecule has 2 rings (SSSR count). The van der Waals surface area contributed by atoms with Gasteiger partial charge < -0.3 is 0 Å². The van der Waals surface area contributed by atoms with Crippen molar-refractivity contribution in [1.82, 2.24) is 14.8 Å². The second kappa shape index (κ2) is 6.76. The Balaban J connectivity index is 2.12. The van der Waals surface area contributed by atoms with Crippen LogP contribution in [-0.2, 0) is 17.1 Å². The first kappa shape index (κ1) is 14.9. The van der Waals surface area contributed by atoms with E-state index in [9.17, 15) is 4.79 Å². The Morgan fingerprint density at radius 3 is 2.80 bits per heavy atom. The van der Waals surface area contributed by atoms with Gasteiger partial charge >= 0.3 is 0 Å². The van der Waals surface area contributed by atoms with Crippen LogP contribution >= 0.6 is 23.4 Å². The molecule has 0 saturated carbocycles. The number of carbonyl (C=O) groups is 1. The summed E-state index contributed by atoms with van der Waals surface area (Å²) in [6, 6.07) is 7.70. The number of nitrogens with one attached hydrogen (secondary N) is 1. The number of thioether (sulfide) groups is 1. The third-order valence-corrected chi connectivity index (χ3v) is 4.02. The average Bonchev–Trinajstić information content (AvgIpc) is 2.79. The molecule has 0 bridgehead atoms. The zero-order valence-electron chi connectivity index (χ0n) is 11.3. The van der Waals surface area contributed by atoms with Crippen LogP contribution in [0.3, 0.4) is 0 Å². The fourth-order valence-electron chi connectivity index (χ4n) is 1.69. The van der Waals surface area contributed by atoms with Gasteiger partial charge in [0.15, 0.2) is 5.16 Å². The van der Waals surface area contributed by atoms with E-state index in [2.05, 4.69) is 15.5 Å². The quantitative estimate of drug-likeness (QED) is 0.862. The van der Waals surface area contributed by atoms with Crippen molar-refractivity contribution in [2.75, 3.05) is 5.32 Å². The second-order valence-electron chi connectivity index (χ2n) is 4.11. The van der Waals surface area contributed by atoms with Gasteiger partial charge in [0.1, 0.15) is 0 Å². The van der Waals surface area contributed by atoms with Crippen molar-refractivity contribution in [2.45, 2.75) is 31.3 Å². The highest BCUT2D eigenvalue weighted by Gasteiger charge is 2.12. The minimum absolute atomic E-state index is 0.158. The molecule has 1 N–H and O–H groups in total. The molecule has 0 aliphatic carbocycles. The largest absolute Gasteiger partial charge is 0.295 e. The van der Waals surface area contributed by atoms with Crippen molar-refractivity contribution in [1.29, 1.82) is 0 Å². The van der Waals surface area contributed by atoms with E-state index in [0.29, 0.717) is 18.2 Å². The van der Waals surface area contributed by atoms with Crippen molar-refractivity contribution < 1.29 is 4.79 Å².